The molecular formula is C11H11F3O2S. The van der Waals surface area contributed by atoms with E-state index in [0.29, 0.717) is 5.56 Å². The van der Waals surface area contributed by atoms with E-state index in [9.17, 15) is 18.0 Å². The zero-order chi connectivity index (χ0) is 12.7. The smallest absolute Gasteiger partial charge is 0.395 e. The molecule has 0 aliphatic heterocycles. The first-order valence-corrected chi connectivity index (χ1v) is 6.12. The Bertz CT molecular complexity index is 407. The summed E-state index contributed by atoms with van der Waals surface area (Å²) >= 11 is 1.29. The van der Waals surface area contributed by atoms with Crippen LogP contribution >= 0.6 is 11.3 Å². The van der Waals surface area contributed by atoms with Gasteiger partial charge in [0, 0.05) is 5.92 Å². The third-order valence-corrected chi connectivity index (χ3v) is 4.05. The van der Waals surface area contributed by atoms with E-state index in [1.807, 2.05) is 0 Å². The highest BCUT2D eigenvalue weighted by Gasteiger charge is 2.67. The molecule has 0 saturated heterocycles. The van der Waals surface area contributed by atoms with Crippen molar-refractivity contribution in [3.05, 3.63) is 22.4 Å². The van der Waals surface area contributed by atoms with Crippen molar-refractivity contribution in [2.75, 3.05) is 0 Å². The number of halogens is 3. The molecule has 0 spiro atoms. The van der Waals surface area contributed by atoms with Crippen molar-refractivity contribution in [1.82, 2.24) is 0 Å². The normalized spacial score (nSPS) is 19.9. The lowest BCUT2D eigenvalue weighted by atomic mass is 9.81. The van der Waals surface area contributed by atoms with Crippen molar-refractivity contribution < 1.29 is 23.1 Å². The highest BCUT2D eigenvalue weighted by atomic mass is 32.1. The van der Waals surface area contributed by atoms with E-state index >= 15 is 0 Å². The molecule has 2 rings (SSSR count). The summed E-state index contributed by atoms with van der Waals surface area (Å²) in [5.41, 5.74) is -1.32. The fourth-order valence-corrected chi connectivity index (χ4v) is 2.96. The number of hydrogen-bond acceptors (Lipinski definition) is 2. The molecule has 1 fully saturated rings. The molecule has 0 radical (unpaired) electrons. The standard InChI is InChI=1S/C11H11F3O2S/c12-11(13,14)10(2-3-10)8(5-9(15)16)7-1-4-17-6-7/h1,4,6,8H,2-3,5H2,(H,15,16)/t8-/m1/s1. The lowest BCUT2D eigenvalue weighted by Crippen LogP contribution is -2.32. The summed E-state index contributed by atoms with van der Waals surface area (Å²) in [6.07, 6.45) is -4.72. The molecule has 1 heterocycles. The van der Waals surface area contributed by atoms with Gasteiger partial charge in [-0.3, -0.25) is 4.79 Å². The first-order chi connectivity index (χ1) is 7.87. The number of hydrogen-bond donors (Lipinski definition) is 1. The van der Waals surface area contributed by atoms with Gasteiger partial charge in [0.2, 0.25) is 0 Å². The van der Waals surface area contributed by atoms with Crippen LogP contribution in [-0.2, 0) is 4.79 Å². The number of thiophene rings is 1. The Kier molecular flexibility index (Phi) is 2.93. The van der Waals surface area contributed by atoms with Gasteiger partial charge in [-0.05, 0) is 35.2 Å². The zero-order valence-corrected chi connectivity index (χ0v) is 9.64. The van der Waals surface area contributed by atoms with E-state index in [2.05, 4.69) is 0 Å². The molecule has 1 saturated carbocycles. The molecule has 1 aromatic heterocycles. The Morgan fingerprint density at radius 2 is 2.18 bits per heavy atom. The molecule has 0 unspecified atom stereocenters. The van der Waals surface area contributed by atoms with Gasteiger partial charge in [-0.1, -0.05) is 0 Å². The number of carboxylic acid groups (broad SMARTS) is 1. The van der Waals surface area contributed by atoms with Crippen LogP contribution in [0.5, 0.6) is 0 Å². The summed E-state index contributed by atoms with van der Waals surface area (Å²) in [5, 5.41) is 12.1. The second kappa shape index (κ2) is 4.01. The van der Waals surface area contributed by atoms with Gasteiger partial charge in [-0.15, -0.1) is 0 Å². The van der Waals surface area contributed by atoms with Crippen molar-refractivity contribution in [3.63, 3.8) is 0 Å². The highest BCUT2D eigenvalue weighted by molar-refractivity contribution is 7.08. The fourth-order valence-electron chi connectivity index (χ4n) is 2.24. The highest BCUT2D eigenvalue weighted by Crippen LogP contribution is 2.66. The van der Waals surface area contributed by atoms with Crippen molar-refractivity contribution in [1.29, 1.82) is 0 Å². The Morgan fingerprint density at radius 1 is 1.53 bits per heavy atom. The van der Waals surface area contributed by atoms with Gasteiger partial charge in [0.25, 0.3) is 0 Å². The minimum atomic E-state index is -4.32. The van der Waals surface area contributed by atoms with Crippen LogP contribution in [0.1, 0.15) is 30.7 Å². The average Bonchev–Trinajstić information content (AvgIpc) is 2.83. The van der Waals surface area contributed by atoms with Gasteiger partial charge < -0.3 is 5.11 Å². The molecule has 2 nitrogen and oxygen atoms in total. The minimum absolute atomic E-state index is 0.0320. The molecule has 0 amide bonds. The van der Waals surface area contributed by atoms with Gasteiger partial charge in [0.05, 0.1) is 11.8 Å². The third kappa shape index (κ3) is 2.18. The van der Waals surface area contributed by atoms with Crippen LogP contribution in [0.3, 0.4) is 0 Å². The van der Waals surface area contributed by atoms with E-state index in [4.69, 9.17) is 5.11 Å². The monoisotopic (exact) mass is 264 g/mol. The van der Waals surface area contributed by atoms with Crippen LogP contribution in [0.4, 0.5) is 13.2 Å². The molecular weight excluding hydrogens is 253 g/mol. The Hall–Kier alpha value is -1.04. The molecule has 1 N–H and O–H groups in total. The third-order valence-electron chi connectivity index (χ3n) is 3.34. The Labute approximate surface area is 100 Å². The number of carbonyl (C=O) groups is 1. The summed E-state index contributed by atoms with van der Waals surface area (Å²) in [6.45, 7) is 0. The summed E-state index contributed by atoms with van der Waals surface area (Å²) in [7, 11) is 0. The van der Waals surface area contributed by atoms with Crippen LogP contribution in [0, 0.1) is 5.41 Å². The lowest BCUT2D eigenvalue weighted by Gasteiger charge is -2.27. The van der Waals surface area contributed by atoms with Gasteiger partial charge >= 0.3 is 12.1 Å². The van der Waals surface area contributed by atoms with E-state index in [1.165, 1.54) is 11.3 Å². The number of carboxylic acids is 1. The molecule has 1 aliphatic rings. The quantitative estimate of drug-likeness (QED) is 0.901. The van der Waals surface area contributed by atoms with E-state index in [0.717, 1.165) is 0 Å². The van der Waals surface area contributed by atoms with Crippen molar-refractivity contribution in [2.45, 2.75) is 31.4 Å². The van der Waals surface area contributed by atoms with Crippen LogP contribution in [-0.4, -0.2) is 17.3 Å². The van der Waals surface area contributed by atoms with Crippen LogP contribution in [0.25, 0.3) is 0 Å². The summed E-state index contributed by atoms with van der Waals surface area (Å²) < 4.78 is 39.0. The first kappa shape index (κ1) is 12.4. The molecule has 94 valence electrons. The van der Waals surface area contributed by atoms with Gasteiger partial charge in [0.1, 0.15) is 0 Å². The van der Waals surface area contributed by atoms with Crippen LogP contribution in [0.15, 0.2) is 16.8 Å². The average molecular weight is 264 g/mol. The van der Waals surface area contributed by atoms with Gasteiger partial charge in [0.15, 0.2) is 0 Å². The largest absolute Gasteiger partial charge is 0.481 e. The van der Waals surface area contributed by atoms with Gasteiger partial charge in [-0.25, -0.2) is 0 Å². The maximum absolute atomic E-state index is 13.0. The molecule has 6 heteroatoms. The van der Waals surface area contributed by atoms with Crippen molar-refractivity contribution in [3.8, 4) is 0 Å². The van der Waals surface area contributed by atoms with Crippen molar-refractivity contribution >= 4 is 17.3 Å². The number of rotatable bonds is 4. The summed E-state index contributed by atoms with van der Waals surface area (Å²) in [5.74, 6) is -2.14. The topological polar surface area (TPSA) is 37.3 Å². The van der Waals surface area contributed by atoms with Crippen molar-refractivity contribution in [2.24, 2.45) is 5.41 Å². The van der Waals surface area contributed by atoms with Gasteiger partial charge in [-0.2, -0.15) is 24.5 Å². The molecule has 0 aromatic carbocycles. The van der Waals surface area contributed by atoms with Crippen LogP contribution < -0.4 is 0 Å². The Balaban J connectivity index is 2.32. The zero-order valence-electron chi connectivity index (χ0n) is 8.83. The number of aliphatic carboxylic acids is 1. The lowest BCUT2D eigenvalue weighted by molar-refractivity contribution is -0.195. The molecule has 1 aromatic rings. The molecule has 1 atom stereocenters. The maximum Gasteiger partial charge on any atom is 0.395 e. The fraction of sp³-hybridized carbons (Fsp3) is 0.545. The molecule has 17 heavy (non-hydrogen) atoms. The van der Waals surface area contributed by atoms with E-state index in [-0.39, 0.29) is 12.8 Å². The number of alkyl halides is 3. The molecule has 0 bridgehead atoms. The first-order valence-electron chi connectivity index (χ1n) is 5.17. The molecule has 1 aliphatic carbocycles. The summed E-state index contributed by atoms with van der Waals surface area (Å²) in [4.78, 5) is 10.7. The second-order valence-electron chi connectivity index (χ2n) is 4.36. The van der Waals surface area contributed by atoms with E-state index < -0.39 is 29.9 Å². The predicted octanol–water partition coefficient (Wildman–Crippen LogP) is 3.65. The second-order valence-corrected chi connectivity index (χ2v) is 5.14. The predicted molar refractivity (Wildman–Crippen MR) is 57.0 cm³/mol. The summed E-state index contributed by atoms with van der Waals surface area (Å²) in [6, 6.07) is 1.59. The Morgan fingerprint density at radius 3 is 2.53 bits per heavy atom. The van der Waals surface area contributed by atoms with Crippen LogP contribution in [0.2, 0.25) is 0 Å². The maximum atomic E-state index is 13.0. The van der Waals surface area contributed by atoms with E-state index in [1.54, 1.807) is 16.8 Å². The minimum Gasteiger partial charge on any atom is -0.481 e. The SMILES string of the molecule is O=C(O)C[C@H](c1ccsc1)C1(C(F)(F)F)CC1.